The molecule has 4 N–H and O–H groups in total. The van der Waals surface area contributed by atoms with E-state index in [2.05, 4.69) is 21.5 Å². The molecular formula is C28H23F5N4O2. The lowest BCUT2D eigenvalue weighted by molar-refractivity contribution is -0.154. The molecule has 1 aromatic heterocycles. The lowest BCUT2D eigenvalue weighted by atomic mass is 9.94. The number of aromatic nitrogens is 1. The van der Waals surface area contributed by atoms with Crippen LogP contribution in [0.3, 0.4) is 0 Å². The summed E-state index contributed by atoms with van der Waals surface area (Å²) in [4.78, 5) is 4.16. The molecule has 6 nitrogen and oxygen atoms in total. The predicted octanol–water partition coefficient (Wildman–Crippen LogP) is 5.22. The molecule has 39 heavy (non-hydrogen) atoms. The molecule has 2 atom stereocenters. The lowest BCUT2D eigenvalue weighted by Gasteiger charge is -2.21. The van der Waals surface area contributed by atoms with Crippen LogP contribution in [-0.2, 0) is 0 Å². The zero-order valence-electron chi connectivity index (χ0n) is 20.4. The lowest BCUT2D eigenvalue weighted by Crippen LogP contribution is -2.24. The average molecular weight is 543 g/mol. The van der Waals surface area contributed by atoms with Crippen molar-refractivity contribution in [3.8, 4) is 35.2 Å². The van der Waals surface area contributed by atoms with Crippen molar-refractivity contribution in [2.24, 2.45) is 17.8 Å². The van der Waals surface area contributed by atoms with Crippen LogP contribution in [0, 0.1) is 47.1 Å². The van der Waals surface area contributed by atoms with Crippen molar-refractivity contribution in [2.45, 2.75) is 25.1 Å². The van der Waals surface area contributed by atoms with Gasteiger partial charge in [0, 0.05) is 28.6 Å². The quantitative estimate of drug-likeness (QED) is 0.187. The highest BCUT2D eigenvalue weighted by molar-refractivity contribution is 6.10. The van der Waals surface area contributed by atoms with Gasteiger partial charge in [-0.15, -0.1) is 6.42 Å². The van der Waals surface area contributed by atoms with Gasteiger partial charge in [0.1, 0.15) is 17.3 Å². The Morgan fingerprint density at radius 3 is 2.56 bits per heavy atom. The number of halogens is 5. The van der Waals surface area contributed by atoms with Gasteiger partial charge in [0.15, 0.2) is 12.4 Å². The maximum atomic E-state index is 16.5. The molecule has 2 heterocycles. The molecular weight excluding hydrogens is 519 g/mol. The number of fused-ring (bicyclic) bond motifs is 2. The summed E-state index contributed by atoms with van der Waals surface area (Å²) in [5.41, 5.74) is -1.20. The Hall–Kier alpha value is -3.91. The number of anilines is 1. The van der Waals surface area contributed by atoms with E-state index in [1.54, 1.807) is 0 Å². The molecule has 0 spiro atoms. The SMILES string of the molecule is C#Cc1c(F)ccc2cc(O)cc(-c3nc(OCC(F)(F)F)c(C(=N)C4C5CNCC54)c(NC4CC4)c3F)c12. The molecule has 202 valence electrons. The van der Waals surface area contributed by atoms with E-state index in [1.165, 1.54) is 12.1 Å². The van der Waals surface area contributed by atoms with Gasteiger partial charge in [-0.1, -0.05) is 12.0 Å². The molecule has 0 bridgehead atoms. The van der Waals surface area contributed by atoms with E-state index in [0.717, 1.165) is 12.1 Å². The van der Waals surface area contributed by atoms with Crippen LogP contribution < -0.4 is 15.4 Å². The van der Waals surface area contributed by atoms with Crippen LogP contribution in [-0.4, -0.2) is 47.7 Å². The summed E-state index contributed by atoms with van der Waals surface area (Å²) in [5.74, 6) is -0.377. The van der Waals surface area contributed by atoms with Crippen LogP contribution in [0.5, 0.6) is 11.6 Å². The summed E-state index contributed by atoms with van der Waals surface area (Å²) in [6, 6.07) is 4.75. The Morgan fingerprint density at radius 2 is 1.92 bits per heavy atom. The summed E-state index contributed by atoms with van der Waals surface area (Å²) >= 11 is 0. The minimum Gasteiger partial charge on any atom is -0.508 e. The molecule has 2 aliphatic carbocycles. The standard InChI is InChI=1S/C28H23F5N4O2/c1-2-15-19(29)6-3-12-7-14(38)8-16(20(12)15)25-23(30)26(36-13-4-5-13)22(27(37-25)39-11-28(31,32)33)24(34)21-17-9-35-10-18(17)21/h1,3,6-8,13,17-18,21,34-35,38H,4-5,9-11H2,(H,36,37). The van der Waals surface area contributed by atoms with Crippen molar-refractivity contribution in [1.29, 1.82) is 5.41 Å². The van der Waals surface area contributed by atoms with E-state index in [1.807, 2.05) is 0 Å². The third-order valence-electron chi connectivity index (χ3n) is 7.55. The van der Waals surface area contributed by atoms with Crippen molar-refractivity contribution in [1.82, 2.24) is 10.3 Å². The zero-order chi connectivity index (χ0) is 27.6. The van der Waals surface area contributed by atoms with Gasteiger partial charge in [-0.2, -0.15) is 13.2 Å². The van der Waals surface area contributed by atoms with Gasteiger partial charge in [0.05, 0.1) is 16.8 Å². The Kier molecular flexibility index (Phi) is 5.91. The van der Waals surface area contributed by atoms with Crippen molar-refractivity contribution in [2.75, 3.05) is 25.0 Å². The summed E-state index contributed by atoms with van der Waals surface area (Å²) in [6.45, 7) is -0.393. The number of piperidine rings is 1. The molecule has 0 amide bonds. The number of ether oxygens (including phenoxy) is 1. The zero-order valence-corrected chi connectivity index (χ0v) is 20.4. The summed E-state index contributed by atoms with van der Waals surface area (Å²) in [5, 5.41) is 25.9. The number of aromatic hydroxyl groups is 1. The predicted molar refractivity (Wildman–Crippen MR) is 135 cm³/mol. The second kappa shape index (κ2) is 9.09. The molecule has 3 fully saturated rings. The number of rotatable bonds is 7. The smallest absolute Gasteiger partial charge is 0.422 e. The van der Waals surface area contributed by atoms with Gasteiger partial charge < -0.3 is 25.9 Å². The maximum Gasteiger partial charge on any atom is 0.422 e. The molecule has 3 aromatic rings. The van der Waals surface area contributed by atoms with E-state index in [0.29, 0.717) is 25.9 Å². The van der Waals surface area contributed by atoms with Crippen molar-refractivity contribution < 1.29 is 31.8 Å². The van der Waals surface area contributed by atoms with Crippen molar-refractivity contribution >= 4 is 22.2 Å². The van der Waals surface area contributed by atoms with Gasteiger partial charge in [0.25, 0.3) is 0 Å². The van der Waals surface area contributed by atoms with Crippen molar-refractivity contribution in [3.05, 3.63) is 47.0 Å². The minimum atomic E-state index is -4.72. The molecule has 2 aromatic carbocycles. The molecule has 2 saturated carbocycles. The number of nitrogens with one attached hydrogen (secondary N) is 3. The number of terminal acetylenes is 1. The fourth-order valence-electron chi connectivity index (χ4n) is 5.56. The molecule has 0 radical (unpaired) electrons. The molecule has 1 saturated heterocycles. The molecule has 3 aliphatic rings. The monoisotopic (exact) mass is 542 g/mol. The van der Waals surface area contributed by atoms with Crippen LogP contribution >= 0.6 is 0 Å². The molecule has 6 rings (SSSR count). The van der Waals surface area contributed by atoms with Crippen LogP contribution in [0.2, 0.25) is 0 Å². The van der Waals surface area contributed by atoms with Gasteiger partial charge in [0.2, 0.25) is 5.88 Å². The third-order valence-corrected chi connectivity index (χ3v) is 7.55. The van der Waals surface area contributed by atoms with Gasteiger partial charge in [-0.3, -0.25) is 0 Å². The number of pyridine rings is 1. The first-order valence-corrected chi connectivity index (χ1v) is 12.5. The molecule has 11 heteroatoms. The normalized spacial score (nSPS) is 21.9. The molecule has 1 aliphatic heterocycles. The number of phenols is 1. The Bertz CT molecular complexity index is 1550. The summed E-state index contributed by atoms with van der Waals surface area (Å²) in [7, 11) is 0. The summed E-state index contributed by atoms with van der Waals surface area (Å²) in [6.07, 6.45) is 2.25. The van der Waals surface area contributed by atoms with Crippen LogP contribution in [0.4, 0.5) is 27.6 Å². The first kappa shape index (κ1) is 25.4. The Morgan fingerprint density at radius 1 is 1.21 bits per heavy atom. The first-order chi connectivity index (χ1) is 18.6. The largest absolute Gasteiger partial charge is 0.508 e. The van der Waals surface area contributed by atoms with E-state index in [-0.39, 0.29) is 68.4 Å². The number of phenolic OH excluding ortho intramolecular Hbond substituents is 1. The van der Waals surface area contributed by atoms with E-state index >= 15 is 4.39 Å². The highest BCUT2D eigenvalue weighted by Crippen LogP contribution is 2.52. The average Bonchev–Trinajstić information content (AvgIpc) is 3.79. The number of nitrogens with zero attached hydrogens (tertiary/aromatic N) is 1. The van der Waals surface area contributed by atoms with Gasteiger partial charge in [-0.25, -0.2) is 13.8 Å². The van der Waals surface area contributed by atoms with Gasteiger partial charge >= 0.3 is 6.18 Å². The molecule has 2 unspecified atom stereocenters. The number of alkyl halides is 3. The van der Waals surface area contributed by atoms with E-state index < -0.39 is 36.0 Å². The summed E-state index contributed by atoms with van der Waals surface area (Å²) < 4.78 is 76.0. The Balaban J connectivity index is 1.60. The topological polar surface area (TPSA) is 90.3 Å². The fraction of sp³-hybridized carbons (Fsp3) is 0.357. The van der Waals surface area contributed by atoms with Crippen molar-refractivity contribution in [3.63, 3.8) is 0 Å². The van der Waals surface area contributed by atoms with Crippen LogP contribution in [0.15, 0.2) is 24.3 Å². The fourth-order valence-corrected chi connectivity index (χ4v) is 5.56. The number of hydrogen-bond acceptors (Lipinski definition) is 6. The highest BCUT2D eigenvalue weighted by Gasteiger charge is 2.56. The first-order valence-electron chi connectivity index (χ1n) is 12.5. The number of hydrogen-bond donors (Lipinski definition) is 4. The minimum absolute atomic E-state index is 0.0408. The Labute approximate surface area is 220 Å². The van der Waals surface area contributed by atoms with E-state index in [9.17, 15) is 22.7 Å². The highest BCUT2D eigenvalue weighted by atomic mass is 19.4. The third kappa shape index (κ3) is 4.52. The van der Waals surface area contributed by atoms with Gasteiger partial charge in [-0.05, 0) is 61.4 Å². The second-order valence-corrected chi connectivity index (χ2v) is 10.2. The van der Waals surface area contributed by atoms with Crippen LogP contribution in [0.1, 0.15) is 24.0 Å². The van der Waals surface area contributed by atoms with Crippen LogP contribution in [0.25, 0.3) is 22.0 Å². The van der Waals surface area contributed by atoms with E-state index in [4.69, 9.17) is 16.6 Å². The second-order valence-electron chi connectivity index (χ2n) is 10.2. The number of benzene rings is 2. The maximum absolute atomic E-state index is 16.5.